The van der Waals surface area contributed by atoms with E-state index in [1.165, 1.54) is 57.0 Å². The van der Waals surface area contributed by atoms with Crippen molar-refractivity contribution in [3.05, 3.63) is 76.9 Å². The summed E-state index contributed by atoms with van der Waals surface area (Å²) in [5.41, 5.74) is 8.11. The summed E-state index contributed by atoms with van der Waals surface area (Å²) in [6.45, 7) is 4.45. The minimum atomic E-state index is -2.46. The number of aryl methyl sites for hydroxylation is 1. The first-order chi connectivity index (χ1) is 13.1. The summed E-state index contributed by atoms with van der Waals surface area (Å²) >= 11 is -2.46. The number of allylic oxidation sites excluding steroid dienone is 1. The van der Waals surface area contributed by atoms with Gasteiger partial charge in [-0.1, -0.05) is 0 Å². The molecule has 0 spiro atoms. The predicted molar refractivity (Wildman–Crippen MR) is 116 cm³/mol. The summed E-state index contributed by atoms with van der Waals surface area (Å²) in [6, 6.07) is 19.8. The van der Waals surface area contributed by atoms with Crippen molar-refractivity contribution in [2.75, 3.05) is 0 Å². The number of benzene rings is 3. The SMILES string of the molecule is CCCCC1=Cc2c(-c3c(C)ccc4ccccc34)cccc2[CH]1[Zr]([Cl])[Cl]. The number of hydrogen-bond acceptors (Lipinski definition) is 0. The minimum absolute atomic E-state index is 0.299. The molecule has 3 heteroatoms. The van der Waals surface area contributed by atoms with Crippen LogP contribution in [0.3, 0.4) is 0 Å². The molecule has 0 bridgehead atoms. The predicted octanol–water partition coefficient (Wildman–Crippen LogP) is 8.37. The molecule has 137 valence electrons. The van der Waals surface area contributed by atoms with E-state index in [9.17, 15) is 0 Å². The van der Waals surface area contributed by atoms with Gasteiger partial charge in [-0.2, -0.15) is 0 Å². The van der Waals surface area contributed by atoms with Crippen LogP contribution in [0.1, 0.15) is 46.5 Å². The standard InChI is InChI=1S/C24H23.2ClH.Zr/c1-3-4-8-18-15-20-10-7-12-22(23(20)16-18)24-17(2)13-14-19-9-5-6-11-21(19)24;;;/h5-7,9-16H,3-4,8H2,1-2H3;2*1H;/q;;;+2/p-2. The second-order valence-electron chi connectivity index (χ2n) is 7.33. The Kier molecular flexibility index (Phi) is 5.93. The molecule has 1 aliphatic rings. The van der Waals surface area contributed by atoms with Crippen LogP contribution in [-0.4, -0.2) is 0 Å². The van der Waals surface area contributed by atoms with Crippen LogP contribution in [-0.2, 0) is 19.4 Å². The van der Waals surface area contributed by atoms with Gasteiger partial charge >= 0.3 is 178 Å². The van der Waals surface area contributed by atoms with Gasteiger partial charge in [0.05, 0.1) is 0 Å². The van der Waals surface area contributed by atoms with Crippen LogP contribution >= 0.6 is 17.0 Å². The summed E-state index contributed by atoms with van der Waals surface area (Å²) in [6.07, 6.45) is 5.90. The van der Waals surface area contributed by atoms with Gasteiger partial charge in [-0.15, -0.1) is 0 Å². The molecular formula is C24H23Cl2Zr. The molecule has 0 nitrogen and oxygen atoms in total. The molecule has 1 aliphatic carbocycles. The van der Waals surface area contributed by atoms with Crippen molar-refractivity contribution >= 4 is 33.9 Å². The van der Waals surface area contributed by atoms with Gasteiger partial charge in [0.25, 0.3) is 0 Å². The topological polar surface area (TPSA) is 0 Å². The second-order valence-corrected chi connectivity index (χ2v) is 16.1. The summed E-state index contributed by atoms with van der Waals surface area (Å²) in [7, 11) is 13.3. The van der Waals surface area contributed by atoms with E-state index in [2.05, 4.69) is 74.5 Å². The van der Waals surface area contributed by atoms with Crippen molar-refractivity contribution in [3.63, 3.8) is 0 Å². The third-order valence-corrected chi connectivity index (χ3v) is 10.9. The Bertz CT molecular complexity index is 1020. The van der Waals surface area contributed by atoms with E-state index >= 15 is 0 Å². The molecular weight excluding hydrogens is 450 g/mol. The zero-order chi connectivity index (χ0) is 19.0. The molecule has 0 saturated heterocycles. The molecule has 0 aromatic heterocycles. The third kappa shape index (κ3) is 3.60. The molecule has 0 N–H and O–H groups in total. The summed E-state index contributed by atoms with van der Waals surface area (Å²) < 4.78 is 0.299. The van der Waals surface area contributed by atoms with Crippen LogP contribution in [0.4, 0.5) is 0 Å². The maximum absolute atomic E-state index is 6.63. The Morgan fingerprint density at radius 3 is 2.56 bits per heavy atom. The molecule has 0 radical (unpaired) electrons. The van der Waals surface area contributed by atoms with Gasteiger partial charge in [-0.3, -0.25) is 0 Å². The Labute approximate surface area is 177 Å². The first-order valence-electron chi connectivity index (χ1n) is 9.61. The van der Waals surface area contributed by atoms with Crippen LogP contribution in [0.25, 0.3) is 28.0 Å². The monoisotopic (exact) mass is 471 g/mol. The van der Waals surface area contributed by atoms with Gasteiger partial charge in [-0.05, 0) is 0 Å². The van der Waals surface area contributed by atoms with E-state index in [0.29, 0.717) is 3.63 Å². The summed E-state index contributed by atoms with van der Waals surface area (Å²) in [5, 5.41) is 2.60. The van der Waals surface area contributed by atoms with E-state index in [1.807, 2.05) is 0 Å². The normalized spacial score (nSPS) is 15.7. The number of halogens is 2. The number of hydrogen-bond donors (Lipinski definition) is 0. The van der Waals surface area contributed by atoms with E-state index in [0.717, 1.165) is 6.42 Å². The molecule has 0 aliphatic heterocycles. The maximum atomic E-state index is 6.63. The van der Waals surface area contributed by atoms with E-state index in [1.54, 1.807) is 0 Å². The average molecular weight is 474 g/mol. The summed E-state index contributed by atoms with van der Waals surface area (Å²) in [4.78, 5) is 0. The molecule has 27 heavy (non-hydrogen) atoms. The fourth-order valence-electron chi connectivity index (χ4n) is 4.28. The van der Waals surface area contributed by atoms with Gasteiger partial charge in [0, 0.05) is 0 Å². The molecule has 0 amide bonds. The van der Waals surface area contributed by atoms with Crippen LogP contribution in [0.5, 0.6) is 0 Å². The zero-order valence-corrected chi connectivity index (χ0v) is 19.7. The zero-order valence-electron chi connectivity index (χ0n) is 15.7. The third-order valence-electron chi connectivity index (χ3n) is 5.60. The number of rotatable bonds is 5. The molecule has 0 saturated carbocycles. The fourth-order valence-corrected chi connectivity index (χ4v) is 9.77. The van der Waals surface area contributed by atoms with Gasteiger partial charge in [-0.25, -0.2) is 0 Å². The Morgan fingerprint density at radius 1 is 0.963 bits per heavy atom. The number of unbranched alkanes of at least 4 members (excludes halogenated alkanes) is 1. The average Bonchev–Trinajstić information content (AvgIpc) is 3.05. The molecule has 1 unspecified atom stereocenters. The van der Waals surface area contributed by atoms with Gasteiger partial charge in [0.1, 0.15) is 0 Å². The van der Waals surface area contributed by atoms with Crippen LogP contribution in [0, 0.1) is 6.92 Å². The van der Waals surface area contributed by atoms with Gasteiger partial charge in [0.2, 0.25) is 0 Å². The quantitative estimate of drug-likeness (QED) is 0.349. The molecule has 3 aromatic carbocycles. The van der Waals surface area contributed by atoms with Crippen LogP contribution in [0.15, 0.2) is 60.2 Å². The van der Waals surface area contributed by atoms with E-state index < -0.39 is 19.4 Å². The van der Waals surface area contributed by atoms with Crippen molar-refractivity contribution in [2.24, 2.45) is 0 Å². The van der Waals surface area contributed by atoms with E-state index in [4.69, 9.17) is 17.0 Å². The second kappa shape index (κ2) is 8.24. The Hall–Kier alpha value is -0.877. The molecule has 4 rings (SSSR count). The van der Waals surface area contributed by atoms with Crippen LogP contribution in [0.2, 0.25) is 0 Å². The Balaban J connectivity index is 1.94. The Morgan fingerprint density at radius 2 is 1.78 bits per heavy atom. The number of fused-ring (bicyclic) bond motifs is 2. The first kappa shape index (κ1) is 19.4. The van der Waals surface area contributed by atoms with Crippen molar-refractivity contribution in [1.29, 1.82) is 0 Å². The van der Waals surface area contributed by atoms with Crippen molar-refractivity contribution in [2.45, 2.75) is 36.7 Å². The molecule has 3 aromatic rings. The fraction of sp³-hybridized carbons (Fsp3) is 0.250. The first-order valence-corrected chi connectivity index (χ1v) is 17.4. The molecule has 0 heterocycles. The van der Waals surface area contributed by atoms with Crippen LogP contribution < -0.4 is 0 Å². The summed E-state index contributed by atoms with van der Waals surface area (Å²) in [5.74, 6) is 0. The van der Waals surface area contributed by atoms with Crippen molar-refractivity contribution in [3.8, 4) is 11.1 Å². The van der Waals surface area contributed by atoms with Gasteiger partial charge in [0.15, 0.2) is 0 Å². The molecule has 1 atom stereocenters. The van der Waals surface area contributed by atoms with E-state index in [-0.39, 0.29) is 0 Å². The van der Waals surface area contributed by atoms with Crippen molar-refractivity contribution < 1.29 is 19.4 Å². The van der Waals surface area contributed by atoms with Gasteiger partial charge < -0.3 is 0 Å². The van der Waals surface area contributed by atoms with Crippen molar-refractivity contribution in [1.82, 2.24) is 0 Å². The molecule has 0 fully saturated rings.